The Hall–Kier alpha value is -0.690. The standard InChI is InChI=1S/C11H15ClO/c1-7-5-8(2)11(13-4)9(3)10(7)6-12/h5H,6H2,1-4H3. The first-order chi connectivity index (χ1) is 6.11. The summed E-state index contributed by atoms with van der Waals surface area (Å²) in [5.74, 6) is 1.51. The third-order valence-corrected chi connectivity index (χ3v) is 2.67. The van der Waals surface area contributed by atoms with Crippen LogP contribution in [0.3, 0.4) is 0 Å². The van der Waals surface area contributed by atoms with E-state index in [1.54, 1.807) is 7.11 Å². The molecule has 1 nitrogen and oxygen atoms in total. The van der Waals surface area contributed by atoms with Crippen LogP contribution < -0.4 is 4.74 Å². The molecule has 13 heavy (non-hydrogen) atoms. The molecule has 0 aromatic heterocycles. The van der Waals surface area contributed by atoms with E-state index in [0.29, 0.717) is 5.88 Å². The van der Waals surface area contributed by atoms with Crippen LogP contribution in [0.4, 0.5) is 0 Å². The molecule has 1 rings (SSSR count). The Morgan fingerprint density at radius 1 is 1.23 bits per heavy atom. The van der Waals surface area contributed by atoms with E-state index in [1.807, 2.05) is 0 Å². The summed E-state index contributed by atoms with van der Waals surface area (Å²) in [5.41, 5.74) is 4.76. The van der Waals surface area contributed by atoms with Crippen molar-refractivity contribution in [3.8, 4) is 5.75 Å². The van der Waals surface area contributed by atoms with Crippen LogP contribution in [0.25, 0.3) is 0 Å². The molecule has 0 aliphatic carbocycles. The molecule has 0 bridgehead atoms. The van der Waals surface area contributed by atoms with Crippen LogP contribution in [-0.2, 0) is 5.88 Å². The minimum Gasteiger partial charge on any atom is -0.496 e. The van der Waals surface area contributed by atoms with Gasteiger partial charge < -0.3 is 4.74 Å². The van der Waals surface area contributed by atoms with Crippen LogP contribution in [0, 0.1) is 20.8 Å². The van der Waals surface area contributed by atoms with Gasteiger partial charge in [-0.05, 0) is 43.0 Å². The summed E-state index contributed by atoms with van der Waals surface area (Å²) in [4.78, 5) is 0. The maximum absolute atomic E-state index is 5.86. The van der Waals surface area contributed by atoms with Gasteiger partial charge in [0.2, 0.25) is 0 Å². The molecule has 0 spiro atoms. The minimum absolute atomic E-state index is 0.550. The average Bonchev–Trinajstić information content (AvgIpc) is 2.04. The molecule has 0 unspecified atom stereocenters. The maximum Gasteiger partial charge on any atom is 0.125 e. The summed E-state index contributed by atoms with van der Waals surface area (Å²) < 4.78 is 5.31. The number of hydrogen-bond donors (Lipinski definition) is 0. The predicted octanol–water partition coefficient (Wildman–Crippen LogP) is 3.36. The van der Waals surface area contributed by atoms with Gasteiger partial charge in [-0.15, -0.1) is 11.6 Å². The molecule has 0 aliphatic heterocycles. The third kappa shape index (κ3) is 1.80. The Kier molecular flexibility index (Phi) is 3.21. The van der Waals surface area contributed by atoms with E-state index >= 15 is 0 Å². The van der Waals surface area contributed by atoms with Gasteiger partial charge in [0.1, 0.15) is 5.75 Å². The maximum atomic E-state index is 5.86. The molecular weight excluding hydrogens is 184 g/mol. The first-order valence-corrected chi connectivity index (χ1v) is 4.85. The van der Waals surface area contributed by atoms with Crippen LogP contribution in [0.15, 0.2) is 6.07 Å². The Bertz CT molecular complexity index is 290. The number of alkyl halides is 1. The summed E-state index contributed by atoms with van der Waals surface area (Å²) in [6, 6.07) is 2.11. The fourth-order valence-corrected chi connectivity index (χ4v) is 2.14. The number of ether oxygens (including phenoxy) is 1. The van der Waals surface area contributed by atoms with E-state index in [4.69, 9.17) is 16.3 Å². The van der Waals surface area contributed by atoms with E-state index in [2.05, 4.69) is 26.8 Å². The molecule has 1 aromatic rings. The topological polar surface area (TPSA) is 9.23 Å². The second-order valence-corrected chi connectivity index (χ2v) is 3.55. The zero-order valence-corrected chi connectivity index (χ0v) is 9.33. The molecule has 0 heterocycles. The lowest BCUT2D eigenvalue weighted by Gasteiger charge is -2.14. The van der Waals surface area contributed by atoms with Crippen LogP contribution >= 0.6 is 11.6 Å². The first kappa shape index (κ1) is 10.4. The fourth-order valence-electron chi connectivity index (χ4n) is 1.73. The Morgan fingerprint density at radius 2 is 1.85 bits per heavy atom. The van der Waals surface area contributed by atoms with Crippen molar-refractivity contribution >= 4 is 11.6 Å². The van der Waals surface area contributed by atoms with Gasteiger partial charge in [0.05, 0.1) is 7.11 Å². The third-order valence-electron chi connectivity index (χ3n) is 2.40. The fraction of sp³-hybridized carbons (Fsp3) is 0.455. The molecule has 1 aromatic carbocycles. The highest BCUT2D eigenvalue weighted by Gasteiger charge is 2.09. The van der Waals surface area contributed by atoms with Crippen molar-refractivity contribution in [2.45, 2.75) is 26.7 Å². The second-order valence-electron chi connectivity index (χ2n) is 3.28. The van der Waals surface area contributed by atoms with Gasteiger partial charge >= 0.3 is 0 Å². The first-order valence-electron chi connectivity index (χ1n) is 4.31. The summed E-state index contributed by atoms with van der Waals surface area (Å²) in [6.45, 7) is 6.19. The highest BCUT2D eigenvalue weighted by molar-refractivity contribution is 6.17. The monoisotopic (exact) mass is 198 g/mol. The van der Waals surface area contributed by atoms with Gasteiger partial charge in [-0.25, -0.2) is 0 Å². The molecule has 0 N–H and O–H groups in total. The molecule has 0 fully saturated rings. The number of rotatable bonds is 2. The number of aryl methyl sites for hydroxylation is 2. The van der Waals surface area contributed by atoms with Crippen LogP contribution in [0.5, 0.6) is 5.75 Å². The lowest BCUT2D eigenvalue weighted by Crippen LogP contribution is -1.97. The highest BCUT2D eigenvalue weighted by atomic mass is 35.5. The van der Waals surface area contributed by atoms with Crippen molar-refractivity contribution in [2.75, 3.05) is 7.11 Å². The molecule has 2 heteroatoms. The van der Waals surface area contributed by atoms with Crippen molar-refractivity contribution in [3.63, 3.8) is 0 Å². The Morgan fingerprint density at radius 3 is 2.31 bits per heavy atom. The highest BCUT2D eigenvalue weighted by Crippen LogP contribution is 2.29. The summed E-state index contributed by atoms with van der Waals surface area (Å²) >= 11 is 5.86. The average molecular weight is 199 g/mol. The number of benzene rings is 1. The lowest BCUT2D eigenvalue weighted by atomic mass is 10.00. The number of hydrogen-bond acceptors (Lipinski definition) is 1. The van der Waals surface area contributed by atoms with Crippen LogP contribution in [0.1, 0.15) is 22.3 Å². The quantitative estimate of drug-likeness (QED) is 0.663. The van der Waals surface area contributed by atoms with Crippen molar-refractivity contribution < 1.29 is 4.74 Å². The zero-order valence-electron chi connectivity index (χ0n) is 8.57. The Labute approximate surface area is 84.7 Å². The molecular formula is C11H15ClO. The number of methoxy groups -OCH3 is 1. The van der Waals surface area contributed by atoms with Gasteiger partial charge in [0, 0.05) is 5.88 Å². The molecule has 72 valence electrons. The second kappa shape index (κ2) is 4.01. The largest absolute Gasteiger partial charge is 0.496 e. The lowest BCUT2D eigenvalue weighted by molar-refractivity contribution is 0.408. The van der Waals surface area contributed by atoms with E-state index in [1.165, 1.54) is 16.7 Å². The van der Waals surface area contributed by atoms with E-state index < -0.39 is 0 Å². The van der Waals surface area contributed by atoms with Crippen molar-refractivity contribution in [1.82, 2.24) is 0 Å². The molecule has 0 saturated heterocycles. The van der Waals surface area contributed by atoms with Crippen molar-refractivity contribution in [2.24, 2.45) is 0 Å². The van der Waals surface area contributed by atoms with Gasteiger partial charge in [-0.2, -0.15) is 0 Å². The smallest absolute Gasteiger partial charge is 0.125 e. The minimum atomic E-state index is 0.550. The Balaban J connectivity index is 3.39. The van der Waals surface area contributed by atoms with Crippen molar-refractivity contribution in [1.29, 1.82) is 0 Å². The van der Waals surface area contributed by atoms with Crippen LogP contribution in [0.2, 0.25) is 0 Å². The molecule has 0 radical (unpaired) electrons. The van der Waals surface area contributed by atoms with Gasteiger partial charge in [0.15, 0.2) is 0 Å². The molecule has 0 atom stereocenters. The normalized spacial score (nSPS) is 10.2. The van der Waals surface area contributed by atoms with Crippen LogP contribution in [-0.4, -0.2) is 7.11 Å². The summed E-state index contributed by atoms with van der Waals surface area (Å²) in [7, 11) is 1.70. The van der Waals surface area contributed by atoms with Crippen molar-refractivity contribution in [3.05, 3.63) is 28.3 Å². The van der Waals surface area contributed by atoms with E-state index in [9.17, 15) is 0 Å². The van der Waals surface area contributed by atoms with Gasteiger partial charge in [-0.1, -0.05) is 6.07 Å². The number of halogens is 1. The van der Waals surface area contributed by atoms with Gasteiger partial charge in [-0.3, -0.25) is 0 Å². The summed E-state index contributed by atoms with van der Waals surface area (Å²) in [5, 5.41) is 0. The van der Waals surface area contributed by atoms with E-state index in [0.717, 1.165) is 11.3 Å². The SMILES string of the molecule is COc1c(C)cc(C)c(CCl)c1C. The predicted molar refractivity (Wildman–Crippen MR) is 56.8 cm³/mol. The molecule has 0 saturated carbocycles. The molecule has 0 aliphatic rings. The van der Waals surface area contributed by atoms with Gasteiger partial charge in [0.25, 0.3) is 0 Å². The molecule has 0 amide bonds. The summed E-state index contributed by atoms with van der Waals surface area (Å²) in [6.07, 6.45) is 0. The van der Waals surface area contributed by atoms with E-state index in [-0.39, 0.29) is 0 Å². The zero-order chi connectivity index (χ0) is 10.0.